The van der Waals surface area contributed by atoms with Crippen LogP contribution in [0.3, 0.4) is 0 Å². The monoisotopic (exact) mass is 608 g/mol. The van der Waals surface area contributed by atoms with Crippen LogP contribution in [0.1, 0.15) is 26.3 Å². The third-order valence-electron chi connectivity index (χ3n) is 6.99. The SMILES string of the molecule is COc1c(NC(=O)Nc2ccc(Oc3ccnc(Nc4cccc(N)c4)n3)c3ccccc23)cc(C(C)(C)C)cc1P(C)C. The number of nitrogen functional groups attached to an aromatic ring is 1. The van der Waals surface area contributed by atoms with Crippen molar-refractivity contribution in [3.63, 3.8) is 0 Å². The molecule has 0 radical (unpaired) electrons. The zero-order chi connectivity index (χ0) is 31.4. The lowest BCUT2D eigenvalue weighted by Gasteiger charge is -2.25. The molecule has 9 nitrogen and oxygen atoms in total. The summed E-state index contributed by atoms with van der Waals surface area (Å²) in [5.41, 5.74) is 9.60. The first-order valence-corrected chi connectivity index (χ1v) is 16.4. The Morgan fingerprint density at radius 1 is 0.886 bits per heavy atom. The molecule has 0 spiro atoms. The highest BCUT2D eigenvalue weighted by atomic mass is 31.1. The Balaban J connectivity index is 1.39. The summed E-state index contributed by atoms with van der Waals surface area (Å²) in [6.45, 7) is 10.8. The zero-order valence-electron chi connectivity index (χ0n) is 25.7. The highest BCUT2D eigenvalue weighted by Gasteiger charge is 2.22. The van der Waals surface area contributed by atoms with Crippen LogP contribution in [-0.2, 0) is 5.41 Å². The van der Waals surface area contributed by atoms with E-state index in [0.717, 1.165) is 27.3 Å². The number of carbonyl (C=O) groups excluding carboxylic acids is 1. The molecule has 0 aliphatic carbocycles. The van der Waals surface area contributed by atoms with Crippen molar-refractivity contribution >= 4 is 58.7 Å². The Hall–Kier alpha value is -4.88. The van der Waals surface area contributed by atoms with Crippen LogP contribution in [0.15, 0.2) is 85.1 Å². The highest BCUT2D eigenvalue weighted by molar-refractivity contribution is 7.64. The van der Waals surface area contributed by atoms with E-state index in [1.54, 1.807) is 25.4 Å². The molecule has 0 saturated heterocycles. The zero-order valence-corrected chi connectivity index (χ0v) is 26.6. The summed E-state index contributed by atoms with van der Waals surface area (Å²) in [7, 11) is 1.17. The number of hydrogen-bond donors (Lipinski definition) is 4. The van der Waals surface area contributed by atoms with Crippen LogP contribution in [0.25, 0.3) is 10.8 Å². The van der Waals surface area contributed by atoms with Crippen molar-refractivity contribution in [2.75, 3.05) is 42.1 Å². The molecule has 226 valence electrons. The summed E-state index contributed by atoms with van der Waals surface area (Å²) < 4.78 is 12.0. The molecule has 5 N–H and O–H groups in total. The van der Waals surface area contributed by atoms with E-state index >= 15 is 0 Å². The smallest absolute Gasteiger partial charge is 0.323 e. The molecular formula is C34H37N6O3P. The summed E-state index contributed by atoms with van der Waals surface area (Å²) in [5, 5.41) is 11.9. The fraction of sp³-hybridized carbons (Fsp3) is 0.206. The van der Waals surface area contributed by atoms with Gasteiger partial charge in [-0.3, -0.25) is 0 Å². The van der Waals surface area contributed by atoms with E-state index in [0.29, 0.717) is 40.4 Å². The molecule has 10 heteroatoms. The molecule has 0 unspecified atom stereocenters. The second kappa shape index (κ2) is 12.8. The number of nitrogens with one attached hydrogen (secondary N) is 3. The van der Waals surface area contributed by atoms with Crippen LogP contribution in [0.2, 0.25) is 0 Å². The molecule has 1 heterocycles. The molecule has 0 bridgehead atoms. The molecule has 0 fully saturated rings. The van der Waals surface area contributed by atoms with Crippen LogP contribution in [-0.4, -0.2) is 36.4 Å². The molecule has 4 aromatic carbocycles. The van der Waals surface area contributed by atoms with Crippen LogP contribution in [0.4, 0.5) is 33.5 Å². The topological polar surface area (TPSA) is 123 Å². The number of ether oxygens (including phenoxy) is 2. The van der Waals surface area contributed by atoms with Crippen molar-refractivity contribution in [1.82, 2.24) is 9.97 Å². The summed E-state index contributed by atoms with van der Waals surface area (Å²) in [5.74, 6) is 2.01. The van der Waals surface area contributed by atoms with Gasteiger partial charge in [-0.25, -0.2) is 9.78 Å². The van der Waals surface area contributed by atoms with Gasteiger partial charge in [-0.1, -0.05) is 59.0 Å². The minimum Gasteiger partial charge on any atom is -0.494 e. The summed E-state index contributed by atoms with van der Waals surface area (Å²) in [6, 6.07) is 24.2. The van der Waals surface area contributed by atoms with Gasteiger partial charge in [0.2, 0.25) is 11.8 Å². The third kappa shape index (κ3) is 7.01. The van der Waals surface area contributed by atoms with Gasteiger partial charge in [0.1, 0.15) is 11.5 Å². The van der Waals surface area contributed by atoms with Crippen LogP contribution < -0.4 is 36.5 Å². The van der Waals surface area contributed by atoms with Crippen molar-refractivity contribution in [3.8, 4) is 17.4 Å². The maximum atomic E-state index is 13.4. The van der Waals surface area contributed by atoms with Gasteiger partial charge < -0.3 is 31.2 Å². The fourth-order valence-electron chi connectivity index (χ4n) is 4.75. The van der Waals surface area contributed by atoms with Crippen molar-refractivity contribution in [1.29, 1.82) is 0 Å². The third-order valence-corrected chi connectivity index (χ3v) is 8.28. The van der Waals surface area contributed by atoms with Crippen LogP contribution >= 0.6 is 7.92 Å². The van der Waals surface area contributed by atoms with Crippen molar-refractivity contribution in [2.24, 2.45) is 0 Å². The molecule has 2 amide bonds. The number of methoxy groups -OCH3 is 1. The van der Waals surface area contributed by atoms with Gasteiger partial charge in [0.05, 0.1) is 18.5 Å². The first-order chi connectivity index (χ1) is 21.0. The average molecular weight is 609 g/mol. The minimum atomic E-state index is -0.469. The van der Waals surface area contributed by atoms with E-state index in [2.05, 4.69) is 66.1 Å². The van der Waals surface area contributed by atoms with Gasteiger partial charge in [-0.15, -0.1) is 0 Å². The van der Waals surface area contributed by atoms with Gasteiger partial charge >= 0.3 is 6.03 Å². The van der Waals surface area contributed by atoms with E-state index in [4.69, 9.17) is 15.2 Å². The Morgan fingerprint density at radius 2 is 1.64 bits per heavy atom. The van der Waals surface area contributed by atoms with E-state index in [9.17, 15) is 4.79 Å². The second-order valence-corrected chi connectivity index (χ2v) is 13.8. The number of anilines is 5. The quantitative estimate of drug-likeness (QED) is 0.104. The number of nitrogens with zero attached hydrogens (tertiary/aromatic N) is 2. The van der Waals surface area contributed by atoms with Gasteiger partial charge in [0.15, 0.2) is 0 Å². The lowest BCUT2D eigenvalue weighted by Crippen LogP contribution is -2.23. The number of fused-ring (bicyclic) bond motifs is 1. The predicted molar refractivity (Wildman–Crippen MR) is 183 cm³/mol. The van der Waals surface area contributed by atoms with E-state index in [1.807, 2.05) is 60.7 Å². The maximum absolute atomic E-state index is 13.4. The number of benzene rings is 4. The van der Waals surface area contributed by atoms with Crippen molar-refractivity contribution < 1.29 is 14.3 Å². The Morgan fingerprint density at radius 3 is 2.34 bits per heavy atom. The van der Waals surface area contributed by atoms with E-state index in [1.165, 1.54) is 0 Å². The molecule has 5 aromatic rings. The Bertz CT molecular complexity index is 1820. The molecule has 1 aromatic heterocycles. The van der Waals surface area contributed by atoms with E-state index < -0.39 is 7.92 Å². The van der Waals surface area contributed by atoms with Crippen LogP contribution in [0.5, 0.6) is 17.4 Å². The lowest BCUT2D eigenvalue weighted by atomic mass is 9.86. The van der Waals surface area contributed by atoms with E-state index in [-0.39, 0.29) is 11.4 Å². The van der Waals surface area contributed by atoms with Crippen LogP contribution in [0, 0.1) is 0 Å². The fourth-order valence-corrected chi connectivity index (χ4v) is 5.76. The summed E-state index contributed by atoms with van der Waals surface area (Å²) >= 11 is 0. The predicted octanol–water partition coefficient (Wildman–Crippen LogP) is 8.06. The normalized spacial score (nSPS) is 11.3. The molecule has 0 aliphatic heterocycles. The molecule has 0 aliphatic rings. The second-order valence-electron chi connectivity index (χ2n) is 11.5. The lowest BCUT2D eigenvalue weighted by molar-refractivity contribution is 0.262. The highest BCUT2D eigenvalue weighted by Crippen LogP contribution is 2.39. The number of amides is 2. The molecule has 44 heavy (non-hydrogen) atoms. The number of urea groups is 1. The molecule has 0 atom stereocenters. The number of nitrogens with two attached hydrogens (primary N) is 1. The van der Waals surface area contributed by atoms with Gasteiger partial charge in [-0.2, -0.15) is 4.98 Å². The average Bonchev–Trinajstić information content (AvgIpc) is 2.97. The van der Waals surface area contributed by atoms with Gasteiger partial charge in [0, 0.05) is 39.7 Å². The molecular weight excluding hydrogens is 571 g/mol. The number of aromatic nitrogens is 2. The van der Waals surface area contributed by atoms with Crippen molar-refractivity contribution in [3.05, 3.63) is 90.6 Å². The molecule has 5 rings (SSSR count). The summed E-state index contributed by atoms with van der Waals surface area (Å²) in [4.78, 5) is 22.2. The maximum Gasteiger partial charge on any atom is 0.323 e. The molecule has 0 saturated carbocycles. The van der Waals surface area contributed by atoms with Crippen molar-refractivity contribution in [2.45, 2.75) is 26.2 Å². The largest absolute Gasteiger partial charge is 0.494 e. The van der Waals surface area contributed by atoms with Gasteiger partial charge in [-0.05, 0) is 66.8 Å². The minimum absolute atomic E-state index is 0.0959. The number of rotatable bonds is 8. The van der Waals surface area contributed by atoms with Gasteiger partial charge in [0.25, 0.3) is 0 Å². The number of hydrogen-bond acceptors (Lipinski definition) is 7. The number of carbonyl (C=O) groups is 1. The Labute approximate surface area is 259 Å². The standard InChI is InChI=1S/C34H37N6O3P/c1-34(2,3)21-18-27(31(42-4)29(19-21)44(5)6)39-33(41)38-26-14-15-28(25-13-8-7-12-24(25)26)43-30-16-17-36-32(40-30)37-23-11-9-10-22(35)20-23/h7-20H,35H2,1-6H3,(H,36,37,40)(H2,38,39,41). The Kier molecular flexibility index (Phi) is 8.88. The first-order valence-electron chi connectivity index (χ1n) is 14.1. The first kappa shape index (κ1) is 30.6. The summed E-state index contributed by atoms with van der Waals surface area (Å²) in [6.07, 6.45) is 1.62.